The Balaban J connectivity index is 2.08. The molecule has 0 saturated heterocycles. The van der Waals surface area contributed by atoms with E-state index in [0.717, 1.165) is 17.8 Å². The van der Waals surface area contributed by atoms with Gasteiger partial charge in [0, 0.05) is 0 Å². The molecule has 2 aromatic carbocycles. The standard InChI is InChI=1S/C17H20N2/c1-4-14-5-9-16(10-6-14)18-19-17-11-7-15(8-12-17)13(2)3/h5-13H,4H2,1-3H3. The van der Waals surface area contributed by atoms with Gasteiger partial charge >= 0.3 is 0 Å². The molecular weight excluding hydrogens is 232 g/mol. The van der Waals surface area contributed by atoms with Crippen LogP contribution in [0.1, 0.15) is 37.8 Å². The maximum absolute atomic E-state index is 4.26. The van der Waals surface area contributed by atoms with E-state index in [9.17, 15) is 0 Å². The smallest absolute Gasteiger partial charge is 0.0857 e. The molecule has 2 rings (SSSR count). The van der Waals surface area contributed by atoms with Gasteiger partial charge in [-0.2, -0.15) is 10.2 Å². The molecule has 98 valence electrons. The highest BCUT2D eigenvalue weighted by molar-refractivity contribution is 5.42. The molecule has 0 radical (unpaired) electrons. The molecule has 0 fully saturated rings. The Bertz CT molecular complexity index is 536. The van der Waals surface area contributed by atoms with Crippen molar-refractivity contribution in [3.8, 4) is 0 Å². The lowest BCUT2D eigenvalue weighted by atomic mass is 10.0. The van der Waals surface area contributed by atoms with Crippen molar-refractivity contribution in [2.75, 3.05) is 0 Å². The van der Waals surface area contributed by atoms with Gasteiger partial charge < -0.3 is 0 Å². The van der Waals surface area contributed by atoms with Crippen molar-refractivity contribution in [1.82, 2.24) is 0 Å². The number of hydrogen-bond donors (Lipinski definition) is 0. The van der Waals surface area contributed by atoms with Crippen LogP contribution < -0.4 is 0 Å². The summed E-state index contributed by atoms with van der Waals surface area (Å²) in [6.07, 6.45) is 1.05. The van der Waals surface area contributed by atoms with E-state index in [1.165, 1.54) is 11.1 Å². The van der Waals surface area contributed by atoms with E-state index in [4.69, 9.17) is 0 Å². The molecule has 0 heterocycles. The predicted octanol–water partition coefficient (Wildman–Crippen LogP) is 5.79. The van der Waals surface area contributed by atoms with E-state index in [1.54, 1.807) is 0 Å². The summed E-state index contributed by atoms with van der Waals surface area (Å²) >= 11 is 0. The quantitative estimate of drug-likeness (QED) is 0.615. The highest BCUT2D eigenvalue weighted by atomic mass is 15.1. The molecule has 0 N–H and O–H groups in total. The zero-order valence-corrected chi connectivity index (χ0v) is 11.8. The molecule has 19 heavy (non-hydrogen) atoms. The summed E-state index contributed by atoms with van der Waals surface area (Å²) in [6, 6.07) is 16.4. The number of azo groups is 1. The SMILES string of the molecule is CCc1ccc(N=Nc2ccc(C(C)C)cc2)cc1. The summed E-state index contributed by atoms with van der Waals surface area (Å²) in [5.74, 6) is 0.549. The van der Waals surface area contributed by atoms with Crippen LogP contribution in [0.25, 0.3) is 0 Å². The molecule has 0 aromatic heterocycles. The van der Waals surface area contributed by atoms with Gasteiger partial charge in [0.25, 0.3) is 0 Å². The van der Waals surface area contributed by atoms with Gasteiger partial charge in [0.15, 0.2) is 0 Å². The van der Waals surface area contributed by atoms with Gasteiger partial charge in [-0.3, -0.25) is 0 Å². The minimum atomic E-state index is 0.549. The predicted molar refractivity (Wildman–Crippen MR) is 80.5 cm³/mol. The second kappa shape index (κ2) is 6.28. The highest BCUT2D eigenvalue weighted by Gasteiger charge is 1.98. The van der Waals surface area contributed by atoms with Gasteiger partial charge in [-0.05, 0) is 47.7 Å². The minimum absolute atomic E-state index is 0.549. The monoisotopic (exact) mass is 252 g/mol. The van der Waals surface area contributed by atoms with Gasteiger partial charge in [0.05, 0.1) is 11.4 Å². The lowest BCUT2D eigenvalue weighted by molar-refractivity contribution is 0.866. The molecule has 0 unspecified atom stereocenters. The third-order valence-corrected chi connectivity index (χ3v) is 3.19. The average Bonchev–Trinajstić information content (AvgIpc) is 2.46. The second-order valence-electron chi connectivity index (χ2n) is 4.97. The number of hydrogen-bond acceptors (Lipinski definition) is 2. The summed E-state index contributed by atoms with van der Waals surface area (Å²) < 4.78 is 0. The van der Waals surface area contributed by atoms with E-state index >= 15 is 0 Å². The van der Waals surface area contributed by atoms with Gasteiger partial charge in [-0.1, -0.05) is 45.0 Å². The summed E-state index contributed by atoms with van der Waals surface area (Å²) in [5.41, 5.74) is 4.43. The fourth-order valence-corrected chi connectivity index (χ4v) is 1.84. The summed E-state index contributed by atoms with van der Waals surface area (Å²) in [5, 5.41) is 8.51. The van der Waals surface area contributed by atoms with Crippen molar-refractivity contribution in [2.24, 2.45) is 10.2 Å². The Morgan fingerprint density at radius 2 is 1.26 bits per heavy atom. The van der Waals surface area contributed by atoms with E-state index < -0.39 is 0 Å². The largest absolute Gasteiger partial charge is 0.151 e. The second-order valence-corrected chi connectivity index (χ2v) is 4.97. The molecular formula is C17H20N2. The molecule has 0 spiro atoms. The number of nitrogens with zero attached hydrogens (tertiary/aromatic N) is 2. The van der Waals surface area contributed by atoms with Crippen LogP contribution in [0.15, 0.2) is 58.8 Å². The summed E-state index contributed by atoms with van der Waals surface area (Å²) in [4.78, 5) is 0. The van der Waals surface area contributed by atoms with Crippen LogP contribution in [0.3, 0.4) is 0 Å². The molecule has 0 bridgehead atoms. The first-order valence-electron chi connectivity index (χ1n) is 6.79. The number of rotatable bonds is 4. The fourth-order valence-electron chi connectivity index (χ4n) is 1.84. The first-order valence-corrected chi connectivity index (χ1v) is 6.79. The maximum atomic E-state index is 4.26. The molecule has 0 aliphatic rings. The maximum Gasteiger partial charge on any atom is 0.0857 e. The first-order chi connectivity index (χ1) is 9.19. The molecule has 2 nitrogen and oxygen atoms in total. The van der Waals surface area contributed by atoms with Crippen molar-refractivity contribution < 1.29 is 0 Å². The summed E-state index contributed by atoms with van der Waals surface area (Å²) in [7, 11) is 0. The lowest BCUT2D eigenvalue weighted by Crippen LogP contribution is -1.84. The topological polar surface area (TPSA) is 24.7 Å². The molecule has 0 atom stereocenters. The van der Waals surface area contributed by atoms with Crippen LogP contribution in [0.5, 0.6) is 0 Å². The van der Waals surface area contributed by atoms with Gasteiger partial charge in [0.1, 0.15) is 0 Å². The van der Waals surface area contributed by atoms with E-state index in [0.29, 0.717) is 5.92 Å². The zero-order valence-electron chi connectivity index (χ0n) is 11.8. The van der Waals surface area contributed by atoms with Crippen molar-refractivity contribution in [1.29, 1.82) is 0 Å². The molecule has 2 aromatic rings. The van der Waals surface area contributed by atoms with E-state index in [2.05, 4.69) is 55.3 Å². The van der Waals surface area contributed by atoms with Crippen LogP contribution in [-0.4, -0.2) is 0 Å². The third-order valence-electron chi connectivity index (χ3n) is 3.19. The third kappa shape index (κ3) is 3.75. The first kappa shape index (κ1) is 13.5. The van der Waals surface area contributed by atoms with Crippen molar-refractivity contribution in [3.05, 3.63) is 59.7 Å². The summed E-state index contributed by atoms with van der Waals surface area (Å²) in [6.45, 7) is 6.52. The van der Waals surface area contributed by atoms with Crippen LogP contribution in [0.4, 0.5) is 11.4 Å². The Kier molecular flexibility index (Phi) is 4.45. The minimum Gasteiger partial charge on any atom is -0.151 e. The normalized spacial score (nSPS) is 11.4. The molecule has 0 aliphatic heterocycles. The van der Waals surface area contributed by atoms with Crippen LogP contribution in [0, 0.1) is 0 Å². The Hall–Kier alpha value is -1.96. The van der Waals surface area contributed by atoms with Crippen LogP contribution in [-0.2, 0) is 6.42 Å². The van der Waals surface area contributed by atoms with E-state index in [1.807, 2.05) is 24.3 Å². The number of aryl methyl sites for hydroxylation is 1. The Morgan fingerprint density at radius 3 is 1.68 bits per heavy atom. The van der Waals surface area contributed by atoms with Crippen molar-refractivity contribution in [3.63, 3.8) is 0 Å². The van der Waals surface area contributed by atoms with Crippen LogP contribution >= 0.6 is 0 Å². The van der Waals surface area contributed by atoms with Gasteiger partial charge in [-0.15, -0.1) is 0 Å². The van der Waals surface area contributed by atoms with Crippen LogP contribution in [0.2, 0.25) is 0 Å². The highest BCUT2D eigenvalue weighted by Crippen LogP contribution is 2.21. The fraction of sp³-hybridized carbons (Fsp3) is 0.294. The molecule has 0 saturated carbocycles. The van der Waals surface area contributed by atoms with Gasteiger partial charge in [0.2, 0.25) is 0 Å². The zero-order chi connectivity index (χ0) is 13.7. The lowest BCUT2D eigenvalue weighted by Gasteiger charge is -2.03. The average molecular weight is 252 g/mol. The van der Waals surface area contributed by atoms with Crippen molar-refractivity contribution >= 4 is 11.4 Å². The number of benzene rings is 2. The van der Waals surface area contributed by atoms with Gasteiger partial charge in [-0.25, -0.2) is 0 Å². The Morgan fingerprint density at radius 1 is 0.789 bits per heavy atom. The molecule has 2 heteroatoms. The van der Waals surface area contributed by atoms with Crippen molar-refractivity contribution in [2.45, 2.75) is 33.1 Å². The Labute approximate surface area is 115 Å². The molecule has 0 amide bonds. The molecule has 0 aliphatic carbocycles. The van der Waals surface area contributed by atoms with E-state index in [-0.39, 0.29) is 0 Å².